The standard InChI is InChI=1S/C25H25FN2O6S/c1-17(21-5-3-4-6-22(21)32-2)27-25(29)16-28(19-9-7-18(26)8-10-19)35(30,31)20-11-12-23-24(15-20)34-14-13-33-23/h3-12,15,17H,13-14,16H2,1-2H3,(H,27,29)/t17-/m0/s1. The van der Waals surface area contributed by atoms with E-state index < -0.39 is 34.3 Å². The number of anilines is 1. The van der Waals surface area contributed by atoms with E-state index in [4.69, 9.17) is 14.2 Å². The summed E-state index contributed by atoms with van der Waals surface area (Å²) in [5, 5.41) is 2.81. The van der Waals surface area contributed by atoms with Crippen molar-refractivity contribution >= 4 is 21.6 Å². The number of methoxy groups -OCH3 is 1. The number of benzene rings is 3. The Labute approximate surface area is 203 Å². The van der Waals surface area contributed by atoms with Crippen molar-refractivity contribution in [1.82, 2.24) is 5.32 Å². The second kappa shape index (κ2) is 10.2. The lowest BCUT2D eigenvalue weighted by atomic mass is 10.1. The lowest BCUT2D eigenvalue weighted by Gasteiger charge is -2.26. The van der Waals surface area contributed by atoms with Crippen LogP contribution >= 0.6 is 0 Å². The predicted molar refractivity (Wildman–Crippen MR) is 128 cm³/mol. The molecule has 0 unspecified atom stereocenters. The van der Waals surface area contributed by atoms with E-state index in [1.54, 1.807) is 13.0 Å². The third-order valence-electron chi connectivity index (χ3n) is 5.49. The zero-order valence-corrected chi connectivity index (χ0v) is 20.0. The number of amides is 1. The Morgan fingerprint density at radius 1 is 1.06 bits per heavy atom. The van der Waals surface area contributed by atoms with Crippen LogP contribution in [0.1, 0.15) is 18.5 Å². The molecular weight excluding hydrogens is 475 g/mol. The summed E-state index contributed by atoms with van der Waals surface area (Å²) in [5.74, 6) is 0.255. The molecule has 10 heteroatoms. The number of para-hydroxylation sites is 1. The molecule has 8 nitrogen and oxygen atoms in total. The maximum Gasteiger partial charge on any atom is 0.264 e. The fourth-order valence-corrected chi connectivity index (χ4v) is 5.19. The van der Waals surface area contributed by atoms with Crippen LogP contribution in [0.25, 0.3) is 0 Å². The van der Waals surface area contributed by atoms with Gasteiger partial charge in [-0.25, -0.2) is 12.8 Å². The summed E-state index contributed by atoms with van der Waals surface area (Å²) in [6, 6.07) is 15.9. The van der Waals surface area contributed by atoms with Crippen LogP contribution in [0.2, 0.25) is 0 Å². The van der Waals surface area contributed by atoms with Crippen LogP contribution in [-0.2, 0) is 14.8 Å². The van der Waals surface area contributed by atoms with Crippen LogP contribution in [0.3, 0.4) is 0 Å². The number of fused-ring (bicyclic) bond motifs is 1. The molecule has 0 aromatic heterocycles. The molecule has 0 radical (unpaired) electrons. The number of carbonyl (C=O) groups is 1. The Hall–Kier alpha value is -3.79. The smallest absolute Gasteiger partial charge is 0.264 e. The normalized spacial score (nSPS) is 13.6. The van der Waals surface area contributed by atoms with Gasteiger partial charge in [-0.2, -0.15) is 0 Å². The van der Waals surface area contributed by atoms with E-state index in [1.807, 2.05) is 18.2 Å². The van der Waals surface area contributed by atoms with E-state index >= 15 is 0 Å². The van der Waals surface area contributed by atoms with Gasteiger partial charge in [0.1, 0.15) is 31.3 Å². The average molecular weight is 501 g/mol. The number of hydrogen-bond donors (Lipinski definition) is 1. The van der Waals surface area contributed by atoms with Gasteiger partial charge in [-0.15, -0.1) is 0 Å². The van der Waals surface area contributed by atoms with Gasteiger partial charge in [-0.3, -0.25) is 9.10 Å². The van der Waals surface area contributed by atoms with Crippen molar-refractivity contribution in [2.75, 3.05) is 31.2 Å². The highest BCUT2D eigenvalue weighted by Crippen LogP contribution is 2.34. The summed E-state index contributed by atoms with van der Waals surface area (Å²) in [7, 11) is -2.69. The van der Waals surface area contributed by atoms with Gasteiger partial charge in [0, 0.05) is 11.6 Å². The molecule has 0 bridgehead atoms. The molecule has 3 aromatic carbocycles. The minimum atomic E-state index is -4.22. The van der Waals surface area contributed by atoms with Crippen LogP contribution in [0.4, 0.5) is 10.1 Å². The monoisotopic (exact) mass is 500 g/mol. The van der Waals surface area contributed by atoms with E-state index in [2.05, 4.69) is 5.32 Å². The lowest BCUT2D eigenvalue weighted by molar-refractivity contribution is -0.120. The minimum Gasteiger partial charge on any atom is -0.496 e. The first-order chi connectivity index (χ1) is 16.8. The van der Waals surface area contributed by atoms with Gasteiger partial charge in [0.15, 0.2) is 11.5 Å². The number of sulfonamides is 1. The Morgan fingerprint density at radius 3 is 2.46 bits per heavy atom. The zero-order chi connectivity index (χ0) is 25.0. The van der Waals surface area contributed by atoms with Crippen LogP contribution in [0.5, 0.6) is 17.2 Å². The highest BCUT2D eigenvalue weighted by molar-refractivity contribution is 7.92. The van der Waals surface area contributed by atoms with Gasteiger partial charge in [0.05, 0.1) is 23.7 Å². The third-order valence-corrected chi connectivity index (χ3v) is 7.26. The van der Waals surface area contributed by atoms with Crippen LogP contribution in [-0.4, -0.2) is 41.2 Å². The molecular formula is C25H25FN2O6S. The lowest BCUT2D eigenvalue weighted by Crippen LogP contribution is -2.41. The fourth-order valence-electron chi connectivity index (χ4n) is 3.75. The Morgan fingerprint density at radius 2 is 1.74 bits per heavy atom. The summed E-state index contributed by atoms with van der Waals surface area (Å²) >= 11 is 0. The minimum absolute atomic E-state index is 0.0864. The van der Waals surface area contributed by atoms with Gasteiger partial charge in [-0.1, -0.05) is 18.2 Å². The van der Waals surface area contributed by atoms with E-state index in [0.29, 0.717) is 30.5 Å². The molecule has 0 spiro atoms. The summed E-state index contributed by atoms with van der Waals surface area (Å²) in [4.78, 5) is 12.9. The molecule has 1 aliphatic heterocycles. The molecule has 1 amide bonds. The molecule has 0 aliphatic carbocycles. The summed E-state index contributed by atoms with van der Waals surface area (Å²) < 4.78 is 58.1. The quantitative estimate of drug-likeness (QED) is 0.507. The molecule has 1 heterocycles. The van der Waals surface area contributed by atoms with Gasteiger partial charge in [0.2, 0.25) is 5.91 Å². The molecule has 4 rings (SSSR count). The highest BCUT2D eigenvalue weighted by atomic mass is 32.2. The average Bonchev–Trinajstić information content (AvgIpc) is 2.87. The number of halogens is 1. The molecule has 184 valence electrons. The molecule has 1 aliphatic rings. The summed E-state index contributed by atoms with van der Waals surface area (Å²) in [5.41, 5.74) is 0.882. The van der Waals surface area contributed by atoms with Gasteiger partial charge in [0.25, 0.3) is 10.0 Å². The van der Waals surface area contributed by atoms with Crippen molar-refractivity contribution < 1.29 is 31.8 Å². The van der Waals surface area contributed by atoms with E-state index in [9.17, 15) is 17.6 Å². The first kappa shape index (κ1) is 24.3. The molecule has 35 heavy (non-hydrogen) atoms. The number of hydrogen-bond acceptors (Lipinski definition) is 6. The first-order valence-corrected chi connectivity index (χ1v) is 12.3. The van der Waals surface area contributed by atoms with Gasteiger partial charge >= 0.3 is 0 Å². The predicted octanol–water partition coefficient (Wildman–Crippen LogP) is 3.68. The Kier molecular flexibility index (Phi) is 7.11. The van der Waals surface area contributed by atoms with Crippen LogP contribution in [0, 0.1) is 5.82 Å². The summed E-state index contributed by atoms with van der Waals surface area (Å²) in [6.07, 6.45) is 0. The van der Waals surface area contributed by atoms with Crippen molar-refractivity contribution in [2.45, 2.75) is 17.9 Å². The molecule has 0 saturated heterocycles. The molecule has 1 atom stereocenters. The number of carbonyl (C=O) groups excluding carboxylic acids is 1. The van der Waals surface area contributed by atoms with Gasteiger partial charge < -0.3 is 19.5 Å². The highest BCUT2D eigenvalue weighted by Gasteiger charge is 2.29. The topological polar surface area (TPSA) is 94.2 Å². The van der Waals surface area contributed by atoms with E-state index in [1.165, 1.54) is 37.4 Å². The molecule has 0 saturated carbocycles. The third kappa shape index (κ3) is 5.32. The Bertz CT molecular complexity index is 1310. The zero-order valence-electron chi connectivity index (χ0n) is 19.2. The van der Waals surface area contributed by atoms with Crippen molar-refractivity contribution in [3.8, 4) is 17.2 Å². The maximum absolute atomic E-state index is 13.6. The van der Waals surface area contributed by atoms with Crippen molar-refractivity contribution in [1.29, 1.82) is 0 Å². The number of nitrogens with one attached hydrogen (secondary N) is 1. The second-order valence-electron chi connectivity index (χ2n) is 7.82. The van der Waals surface area contributed by atoms with E-state index in [-0.39, 0.29) is 10.6 Å². The second-order valence-corrected chi connectivity index (χ2v) is 9.69. The van der Waals surface area contributed by atoms with E-state index in [0.717, 1.165) is 22.0 Å². The first-order valence-electron chi connectivity index (χ1n) is 10.9. The van der Waals surface area contributed by atoms with Gasteiger partial charge in [-0.05, 0) is 49.4 Å². The van der Waals surface area contributed by atoms with Crippen molar-refractivity contribution in [3.05, 3.63) is 78.1 Å². The van der Waals surface area contributed by atoms with Crippen molar-refractivity contribution in [3.63, 3.8) is 0 Å². The molecule has 1 N–H and O–H groups in total. The number of ether oxygens (including phenoxy) is 3. The van der Waals surface area contributed by atoms with Crippen LogP contribution < -0.4 is 23.8 Å². The summed E-state index contributed by atoms with van der Waals surface area (Å²) in [6.45, 7) is 1.90. The Balaban J connectivity index is 1.63. The SMILES string of the molecule is COc1ccccc1[C@H](C)NC(=O)CN(c1ccc(F)cc1)S(=O)(=O)c1ccc2c(c1)OCCO2. The van der Waals surface area contributed by atoms with Crippen molar-refractivity contribution in [2.24, 2.45) is 0 Å². The molecule has 3 aromatic rings. The number of nitrogens with zero attached hydrogens (tertiary/aromatic N) is 1. The number of rotatable bonds is 8. The maximum atomic E-state index is 13.6. The molecule has 0 fully saturated rings. The largest absolute Gasteiger partial charge is 0.496 e. The van der Waals surface area contributed by atoms with Crippen LogP contribution in [0.15, 0.2) is 71.6 Å². The fraction of sp³-hybridized carbons (Fsp3) is 0.240.